The van der Waals surface area contributed by atoms with Gasteiger partial charge in [-0.05, 0) is 44.2 Å². The molecule has 0 aromatic heterocycles. The van der Waals surface area contributed by atoms with Gasteiger partial charge < -0.3 is 20.5 Å². The van der Waals surface area contributed by atoms with Gasteiger partial charge >= 0.3 is 0 Å². The first-order valence-corrected chi connectivity index (χ1v) is 6.42. The molecule has 1 atom stereocenters. The molecule has 2 saturated heterocycles. The SMILES string of the molecule is NCC1(CN2CCCC(O)C2)CCOCC1. The molecule has 0 aromatic carbocycles. The summed E-state index contributed by atoms with van der Waals surface area (Å²) in [5, 5.41) is 9.67. The van der Waals surface area contributed by atoms with Crippen molar-refractivity contribution in [1.82, 2.24) is 4.90 Å². The van der Waals surface area contributed by atoms with Crippen LogP contribution in [0.25, 0.3) is 0 Å². The van der Waals surface area contributed by atoms with Gasteiger partial charge in [-0.3, -0.25) is 0 Å². The van der Waals surface area contributed by atoms with Crippen LogP contribution in [0.5, 0.6) is 0 Å². The first kappa shape index (κ1) is 12.3. The lowest BCUT2D eigenvalue weighted by molar-refractivity contribution is -0.0164. The highest BCUT2D eigenvalue weighted by Crippen LogP contribution is 2.31. The first-order valence-electron chi connectivity index (χ1n) is 6.42. The number of nitrogens with two attached hydrogens (primary N) is 1. The molecule has 4 heteroatoms. The second-order valence-electron chi connectivity index (χ2n) is 5.35. The minimum atomic E-state index is -0.136. The second-order valence-corrected chi connectivity index (χ2v) is 5.35. The summed E-state index contributed by atoms with van der Waals surface area (Å²) in [6, 6.07) is 0. The summed E-state index contributed by atoms with van der Waals surface area (Å²) in [7, 11) is 0. The van der Waals surface area contributed by atoms with Crippen LogP contribution in [0.3, 0.4) is 0 Å². The van der Waals surface area contributed by atoms with E-state index < -0.39 is 0 Å². The number of rotatable bonds is 3. The summed E-state index contributed by atoms with van der Waals surface area (Å²) in [5.41, 5.74) is 6.18. The molecule has 0 spiro atoms. The molecule has 2 rings (SSSR count). The molecule has 2 fully saturated rings. The van der Waals surface area contributed by atoms with Crippen LogP contribution in [0.4, 0.5) is 0 Å². The van der Waals surface area contributed by atoms with Gasteiger partial charge in [0.15, 0.2) is 0 Å². The minimum Gasteiger partial charge on any atom is -0.392 e. The van der Waals surface area contributed by atoms with Gasteiger partial charge in [0, 0.05) is 26.3 Å². The molecule has 0 radical (unpaired) electrons. The molecule has 2 aliphatic rings. The number of β-amino-alcohol motifs (C(OH)–C–C–N with tert-alkyl or cyclic N) is 1. The number of aliphatic hydroxyl groups excluding tert-OH is 1. The summed E-state index contributed by atoms with van der Waals surface area (Å²) in [6.45, 7) is 5.39. The van der Waals surface area contributed by atoms with Crippen molar-refractivity contribution in [2.75, 3.05) is 39.4 Å². The van der Waals surface area contributed by atoms with Crippen LogP contribution in [-0.4, -0.2) is 55.5 Å². The molecule has 0 saturated carbocycles. The molecule has 0 aromatic rings. The summed E-state index contributed by atoms with van der Waals surface area (Å²) >= 11 is 0. The van der Waals surface area contributed by atoms with Gasteiger partial charge in [-0.1, -0.05) is 0 Å². The molecular weight excluding hydrogens is 204 g/mol. The number of likely N-dealkylation sites (tertiary alicyclic amines) is 1. The fourth-order valence-electron chi connectivity index (χ4n) is 2.88. The highest BCUT2D eigenvalue weighted by molar-refractivity contribution is 4.87. The van der Waals surface area contributed by atoms with Gasteiger partial charge in [-0.2, -0.15) is 0 Å². The van der Waals surface area contributed by atoms with Crippen molar-refractivity contribution in [3.05, 3.63) is 0 Å². The molecule has 0 bridgehead atoms. The van der Waals surface area contributed by atoms with Crippen molar-refractivity contribution < 1.29 is 9.84 Å². The van der Waals surface area contributed by atoms with Gasteiger partial charge in [-0.25, -0.2) is 0 Å². The highest BCUT2D eigenvalue weighted by Gasteiger charge is 2.34. The maximum absolute atomic E-state index is 9.67. The predicted molar refractivity (Wildman–Crippen MR) is 63.2 cm³/mol. The zero-order chi connectivity index (χ0) is 11.4. The van der Waals surface area contributed by atoms with Crippen molar-refractivity contribution in [3.8, 4) is 0 Å². The number of ether oxygens (including phenoxy) is 1. The molecule has 4 nitrogen and oxygen atoms in total. The van der Waals surface area contributed by atoms with Crippen LogP contribution < -0.4 is 5.73 Å². The molecule has 94 valence electrons. The molecule has 2 heterocycles. The molecule has 0 amide bonds. The number of nitrogens with zero attached hydrogens (tertiary/aromatic N) is 1. The van der Waals surface area contributed by atoms with E-state index in [2.05, 4.69) is 4.90 Å². The van der Waals surface area contributed by atoms with Gasteiger partial charge in [0.2, 0.25) is 0 Å². The van der Waals surface area contributed by atoms with Gasteiger partial charge in [-0.15, -0.1) is 0 Å². The predicted octanol–water partition coefficient (Wildman–Crippen LogP) is 0.199. The molecular formula is C12H24N2O2. The van der Waals surface area contributed by atoms with Crippen LogP contribution in [-0.2, 0) is 4.74 Å². The fraction of sp³-hybridized carbons (Fsp3) is 1.00. The van der Waals surface area contributed by atoms with Gasteiger partial charge in [0.1, 0.15) is 0 Å². The summed E-state index contributed by atoms with van der Waals surface area (Å²) < 4.78 is 5.41. The Morgan fingerprint density at radius 2 is 2.12 bits per heavy atom. The van der Waals surface area contributed by atoms with Crippen molar-refractivity contribution in [2.24, 2.45) is 11.1 Å². The van der Waals surface area contributed by atoms with E-state index >= 15 is 0 Å². The summed E-state index contributed by atoms with van der Waals surface area (Å²) in [5.74, 6) is 0. The van der Waals surface area contributed by atoms with Crippen molar-refractivity contribution in [1.29, 1.82) is 0 Å². The molecule has 3 N–H and O–H groups in total. The maximum Gasteiger partial charge on any atom is 0.0667 e. The van der Waals surface area contributed by atoms with Crippen LogP contribution in [0.1, 0.15) is 25.7 Å². The molecule has 2 aliphatic heterocycles. The molecule has 16 heavy (non-hydrogen) atoms. The average molecular weight is 228 g/mol. The van der Waals surface area contributed by atoms with E-state index in [0.717, 1.165) is 65.1 Å². The fourth-order valence-corrected chi connectivity index (χ4v) is 2.88. The van der Waals surface area contributed by atoms with Gasteiger partial charge in [0.25, 0.3) is 0 Å². The van der Waals surface area contributed by atoms with E-state index in [1.807, 2.05) is 0 Å². The summed E-state index contributed by atoms with van der Waals surface area (Å²) in [6.07, 6.45) is 4.06. The van der Waals surface area contributed by atoms with Gasteiger partial charge in [0.05, 0.1) is 6.10 Å². The largest absolute Gasteiger partial charge is 0.392 e. The minimum absolute atomic E-state index is 0.136. The van der Waals surface area contributed by atoms with E-state index in [-0.39, 0.29) is 11.5 Å². The number of hydrogen-bond acceptors (Lipinski definition) is 4. The Bertz CT molecular complexity index is 217. The van der Waals surface area contributed by atoms with E-state index in [9.17, 15) is 5.11 Å². The third kappa shape index (κ3) is 2.94. The van der Waals surface area contributed by atoms with Crippen molar-refractivity contribution in [2.45, 2.75) is 31.8 Å². The molecule has 1 unspecified atom stereocenters. The zero-order valence-corrected chi connectivity index (χ0v) is 10.0. The van der Waals surface area contributed by atoms with Crippen LogP contribution in [0.2, 0.25) is 0 Å². The number of aliphatic hydroxyl groups is 1. The van der Waals surface area contributed by atoms with E-state index in [1.54, 1.807) is 0 Å². The monoisotopic (exact) mass is 228 g/mol. The lowest BCUT2D eigenvalue weighted by atomic mass is 9.79. The Kier molecular flexibility index (Phi) is 4.19. The average Bonchev–Trinajstić information content (AvgIpc) is 2.30. The topological polar surface area (TPSA) is 58.7 Å². The molecule has 0 aliphatic carbocycles. The van der Waals surface area contributed by atoms with Crippen LogP contribution >= 0.6 is 0 Å². The zero-order valence-electron chi connectivity index (χ0n) is 10.0. The second kappa shape index (κ2) is 5.45. The number of piperidine rings is 1. The maximum atomic E-state index is 9.67. The quantitative estimate of drug-likeness (QED) is 0.724. The lowest BCUT2D eigenvalue weighted by Crippen LogP contribution is -2.49. The first-order chi connectivity index (χ1) is 7.74. The Hall–Kier alpha value is -0.160. The van der Waals surface area contributed by atoms with Crippen molar-refractivity contribution in [3.63, 3.8) is 0 Å². The van der Waals surface area contributed by atoms with Crippen LogP contribution in [0, 0.1) is 5.41 Å². The Balaban J connectivity index is 1.89. The highest BCUT2D eigenvalue weighted by atomic mass is 16.5. The van der Waals surface area contributed by atoms with Crippen LogP contribution in [0.15, 0.2) is 0 Å². The van der Waals surface area contributed by atoms with Crippen molar-refractivity contribution >= 4 is 0 Å². The Morgan fingerprint density at radius 1 is 1.38 bits per heavy atom. The smallest absolute Gasteiger partial charge is 0.0667 e. The Morgan fingerprint density at radius 3 is 2.75 bits per heavy atom. The summed E-state index contributed by atoms with van der Waals surface area (Å²) in [4.78, 5) is 2.38. The van der Waals surface area contributed by atoms with E-state index in [4.69, 9.17) is 10.5 Å². The third-order valence-electron chi connectivity index (χ3n) is 4.03. The Labute approximate surface area is 97.7 Å². The number of hydrogen-bond donors (Lipinski definition) is 2. The van der Waals surface area contributed by atoms with E-state index in [1.165, 1.54) is 0 Å². The van der Waals surface area contributed by atoms with E-state index in [0.29, 0.717) is 0 Å². The standard InChI is InChI=1S/C12H24N2O2/c13-9-12(3-6-16-7-4-12)10-14-5-1-2-11(15)8-14/h11,15H,1-10,13H2. The third-order valence-corrected chi connectivity index (χ3v) is 4.03. The lowest BCUT2D eigenvalue weighted by Gasteiger charge is -2.42. The normalized spacial score (nSPS) is 31.5.